The minimum atomic E-state index is -4.48. The van der Waals surface area contributed by atoms with E-state index in [1.807, 2.05) is 30.7 Å². The van der Waals surface area contributed by atoms with Gasteiger partial charge in [-0.2, -0.15) is 13.2 Å². The van der Waals surface area contributed by atoms with E-state index in [1.165, 1.54) is 0 Å². The fourth-order valence-corrected chi connectivity index (χ4v) is 3.52. The highest BCUT2D eigenvalue weighted by atomic mass is 19.4. The highest BCUT2D eigenvalue weighted by Gasteiger charge is 2.31. The molecule has 3 aromatic heterocycles. The van der Waals surface area contributed by atoms with Crippen LogP contribution in [0.25, 0.3) is 22.2 Å². The number of carbonyl (C=O) groups excluding carboxylic acids is 2. The van der Waals surface area contributed by atoms with Crippen molar-refractivity contribution in [2.24, 2.45) is 13.0 Å². The van der Waals surface area contributed by atoms with E-state index in [0.29, 0.717) is 23.4 Å². The van der Waals surface area contributed by atoms with E-state index in [2.05, 4.69) is 20.6 Å². The smallest absolute Gasteiger partial charge is 0.369 e. The summed E-state index contributed by atoms with van der Waals surface area (Å²) >= 11 is 0. The Morgan fingerprint density at radius 3 is 2.56 bits per heavy atom. The van der Waals surface area contributed by atoms with Gasteiger partial charge in [0.05, 0.1) is 11.9 Å². The van der Waals surface area contributed by atoms with Crippen molar-refractivity contribution in [3.8, 4) is 11.1 Å². The van der Waals surface area contributed by atoms with Gasteiger partial charge in [-0.1, -0.05) is 20.8 Å². The first-order chi connectivity index (χ1) is 16.0. The van der Waals surface area contributed by atoms with E-state index in [0.717, 1.165) is 16.5 Å². The second-order valence-electron chi connectivity index (χ2n) is 8.40. The van der Waals surface area contributed by atoms with Gasteiger partial charge in [-0.25, -0.2) is 9.55 Å². The van der Waals surface area contributed by atoms with Gasteiger partial charge in [-0.15, -0.1) is 0 Å². The molecule has 3 heterocycles. The molecule has 0 bridgehead atoms. The predicted octanol–water partition coefficient (Wildman–Crippen LogP) is 3.52. The lowest BCUT2D eigenvalue weighted by Crippen LogP contribution is -2.46. The summed E-state index contributed by atoms with van der Waals surface area (Å²) in [6.45, 7) is 3.89. The monoisotopic (exact) mass is 477 g/mol. The van der Waals surface area contributed by atoms with Crippen molar-refractivity contribution < 1.29 is 27.3 Å². The number of aryl methyl sites for hydroxylation is 1. The molecule has 11 heteroatoms. The van der Waals surface area contributed by atoms with Crippen molar-refractivity contribution >= 4 is 34.2 Å². The molecule has 0 saturated carbocycles. The average Bonchev–Trinajstić information content (AvgIpc) is 3.18. The zero-order chi connectivity index (χ0) is 25.0. The number of amides is 2. The Kier molecular flexibility index (Phi) is 7.43. The van der Waals surface area contributed by atoms with Gasteiger partial charge >= 0.3 is 6.18 Å². The Bertz CT molecular complexity index is 1190. The molecule has 0 aliphatic carbocycles. The molecule has 0 aliphatic rings. The summed E-state index contributed by atoms with van der Waals surface area (Å²) < 4.78 is 39.4. The molecule has 0 radical (unpaired) electrons. The first-order valence-electron chi connectivity index (χ1n) is 10.9. The van der Waals surface area contributed by atoms with Crippen molar-refractivity contribution in [3.05, 3.63) is 36.9 Å². The molecule has 0 saturated heterocycles. The summed E-state index contributed by atoms with van der Waals surface area (Å²) in [5, 5.41) is 8.60. The van der Waals surface area contributed by atoms with E-state index < -0.39 is 24.7 Å². The fraction of sp³-hybridized carbons (Fsp3) is 0.391. The minimum Gasteiger partial charge on any atom is -0.369 e. The number of aromatic amines is 1. The molecule has 2 amide bonds. The van der Waals surface area contributed by atoms with Gasteiger partial charge in [0.1, 0.15) is 31.0 Å². The highest BCUT2D eigenvalue weighted by molar-refractivity contribution is 5.98. The van der Waals surface area contributed by atoms with Crippen LogP contribution in [0.4, 0.5) is 24.5 Å². The third-order valence-corrected chi connectivity index (χ3v) is 5.18. The summed E-state index contributed by atoms with van der Waals surface area (Å²) in [4.78, 5) is 31.7. The highest BCUT2D eigenvalue weighted by Crippen LogP contribution is 2.30. The number of rotatable bonds is 8. The molecule has 8 nitrogen and oxygen atoms in total. The predicted molar refractivity (Wildman–Crippen MR) is 123 cm³/mol. The van der Waals surface area contributed by atoms with E-state index >= 15 is 0 Å². The third kappa shape index (κ3) is 6.24. The second kappa shape index (κ2) is 10.1. The standard InChI is InChI=1S/C23H27F3N6O2/c1-5-19(33)30-15-7-17-18(9-28-21(17)27-8-15)14-6-16(11-32(4)10-14)31-20(13(2)3)22(34)29-12-23(24,25)26/h6-11,13,20,31H,5,12H2,1-4H3,(H2-,27,28,29,30,33,34)/p+1. The molecule has 1 atom stereocenters. The number of nitrogens with zero attached hydrogens (tertiary/aromatic N) is 2. The number of fused-ring (bicyclic) bond motifs is 1. The number of aromatic nitrogens is 3. The molecule has 0 spiro atoms. The summed E-state index contributed by atoms with van der Waals surface area (Å²) in [5.41, 5.74) is 3.38. The summed E-state index contributed by atoms with van der Waals surface area (Å²) in [6.07, 6.45) is 2.84. The van der Waals surface area contributed by atoms with Gasteiger partial charge in [-0.3, -0.25) is 9.59 Å². The van der Waals surface area contributed by atoms with Gasteiger partial charge in [0.15, 0.2) is 12.4 Å². The lowest BCUT2D eigenvalue weighted by molar-refractivity contribution is -0.670. The number of pyridine rings is 2. The summed E-state index contributed by atoms with van der Waals surface area (Å²) in [5.74, 6) is -1.11. The molecule has 0 aliphatic heterocycles. The molecule has 182 valence electrons. The van der Waals surface area contributed by atoms with Crippen LogP contribution in [-0.2, 0) is 16.6 Å². The van der Waals surface area contributed by atoms with Crippen LogP contribution >= 0.6 is 0 Å². The maximum Gasteiger partial charge on any atom is 0.405 e. The van der Waals surface area contributed by atoms with E-state index in [-0.39, 0.29) is 11.8 Å². The quantitative estimate of drug-likeness (QED) is 0.373. The normalized spacial score (nSPS) is 12.6. The molecule has 4 N–H and O–H groups in total. The minimum absolute atomic E-state index is 0.126. The van der Waals surface area contributed by atoms with E-state index in [9.17, 15) is 22.8 Å². The Morgan fingerprint density at radius 1 is 1.18 bits per heavy atom. The van der Waals surface area contributed by atoms with Crippen LogP contribution in [0.15, 0.2) is 36.9 Å². The number of halogens is 3. The van der Waals surface area contributed by atoms with Gasteiger partial charge in [-0.05, 0) is 18.1 Å². The number of carbonyl (C=O) groups is 2. The van der Waals surface area contributed by atoms with E-state index in [4.69, 9.17) is 0 Å². The SMILES string of the molecule is CCC(=O)Nc1cnc2[nH]cc(-c3cc(NC(C(=O)NCC(F)(F)F)C(C)C)c[n+](C)c3)c2c1. The van der Waals surface area contributed by atoms with Crippen molar-refractivity contribution in [3.63, 3.8) is 0 Å². The van der Waals surface area contributed by atoms with Crippen molar-refractivity contribution in [1.29, 1.82) is 0 Å². The third-order valence-electron chi connectivity index (χ3n) is 5.18. The Balaban J connectivity index is 1.91. The Labute approximate surface area is 195 Å². The molecule has 34 heavy (non-hydrogen) atoms. The zero-order valence-corrected chi connectivity index (χ0v) is 19.4. The molecule has 1 unspecified atom stereocenters. The van der Waals surface area contributed by atoms with Gasteiger partial charge < -0.3 is 20.9 Å². The van der Waals surface area contributed by atoms with Gasteiger partial charge in [0, 0.05) is 29.1 Å². The number of anilines is 2. The molecule has 3 aromatic rings. The zero-order valence-electron chi connectivity index (χ0n) is 19.4. The molecular formula is C23H28F3N6O2+. The topological polar surface area (TPSA) is 103 Å². The second-order valence-corrected chi connectivity index (χ2v) is 8.40. The van der Waals surface area contributed by atoms with Crippen LogP contribution in [0, 0.1) is 5.92 Å². The van der Waals surface area contributed by atoms with Crippen molar-refractivity contribution in [1.82, 2.24) is 15.3 Å². The van der Waals surface area contributed by atoms with Gasteiger partial charge in [0.25, 0.3) is 0 Å². The van der Waals surface area contributed by atoms with Crippen LogP contribution in [0.2, 0.25) is 0 Å². The first kappa shape index (κ1) is 25.0. The van der Waals surface area contributed by atoms with Crippen LogP contribution < -0.4 is 20.5 Å². The first-order valence-corrected chi connectivity index (χ1v) is 10.9. The molecule has 3 rings (SSSR count). The largest absolute Gasteiger partial charge is 0.405 e. The number of alkyl halides is 3. The fourth-order valence-electron chi connectivity index (χ4n) is 3.52. The average molecular weight is 478 g/mol. The lowest BCUT2D eigenvalue weighted by Gasteiger charge is -2.22. The van der Waals surface area contributed by atoms with Gasteiger partial charge in [0.2, 0.25) is 11.8 Å². The van der Waals surface area contributed by atoms with Crippen molar-refractivity contribution in [2.45, 2.75) is 39.4 Å². The molecular weight excluding hydrogens is 449 g/mol. The van der Waals surface area contributed by atoms with Crippen molar-refractivity contribution in [2.75, 3.05) is 17.2 Å². The van der Waals surface area contributed by atoms with E-state index in [1.54, 1.807) is 43.9 Å². The Morgan fingerprint density at radius 2 is 1.91 bits per heavy atom. The molecule has 0 fully saturated rings. The number of H-pyrrole nitrogens is 1. The Hall–Kier alpha value is -3.63. The lowest BCUT2D eigenvalue weighted by atomic mass is 10.0. The number of hydrogen-bond donors (Lipinski definition) is 4. The van der Waals surface area contributed by atoms with Crippen LogP contribution in [-0.4, -0.2) is 40.5 Å². The van der Waals surface area contributed by atoms with Crippen LogP contribution in [0.3, 0.4) is 0 Å². The maximum absolute atomic E-state index is 12.5. The summed E-state index contributed by atoms with van der Waals surface area (Å²) in [6, 6.07) is 2.77. The van der Waals surface area contributed by atoms with Crippen LogP contribution in [0.1, 0.15) is 27.2 Å². The molecule has 0 aromatic carbocycles. The number of nitrogens with one attached hydrogen (secondary N) is 4. The summed E-state index contributed by atoms with van der Waals surface area (Å²) in [7, 11) is 1.81. The maximum atomic E-state index is 12.5. The van der Waals surface area contributed by atoms with Crippen LogP contribution in [0.5, 0.6) is 0 Å². The number of hydrogen-bond acceptors (Lipinski definition) is 4.